The van der Waals surface area contributed by atoms with Gasteiger partial charge in [0.25, 0.3) is 5.91 Å². The number of alkyl halides is 7. The lowest BCUT2D eigenvalue weighted by Crippen LogP contribution is -2.43. The number of halogens is 8. The molecule has 0 saturated heterocycles. The molecule has 0 radical (unpaired) electrons. The van der Waals surface area contributed by atoms with E-state index in [4.69, 9.17) is 17.0 Å². The molecular formula is C25H24ClF7N6O2. The number of aryl methyl sites for hydroxylation is 1. The van der Waals surface area contributed by atoms with Gasteiger partial charge in [0, 0.05) is 31.6 Å². The Hall–Kier alpha value is -3.80. The first kappa shape index (κ1) is 31.7. The van der Waals surface area contributed by atoms with Gasteiger partial charge in [0.2, 0.25) is 0 Å². The van der Waals surface area contributed by atoms with E-state index in [0.717, 1.165) is 19.5 Å². The monoisotopic (exact) mass is 608 g/mol. The number of allylic oxidation sites excluding steroid dienone is 1. The molecule has 1 amide bonds. The molecular weight excluding hydrogens is 585 g/mol. The van der Waals surface area contributed by atoms with Crippen LogP contribution in [-0.4, -0.2) is 51.7 Å². The van der Waals surface area contributed by atoms with Gasteiger partial charge in [0.15, 0.2) is 17.3 Å². The summed E-state index contributed by atoms with van der Waals surface area (Å²) in [7, 11) is 0.916. The van der Waals surface area contributed by atoms with Crippen LogP contribution in [0.4, 0.5) is 36.6 Å². The molecule has 2 aromatic rings. The number of nitriles is 1. The van der Waals surface area contributed by atoms with Gasteiger partial charge in [-0.05, 0) is 36.5 Å². The molecule has 0 bridgehead atoms. The van der Waals surface area contributed by atoms with Crippen LogP contribution in [0.2, 0.25) is 5.02 Å². The van der Waals surface area contributed by atoms with Crippen LogP contribution in [-0.2, 0) is 13.0 Å². The van der Waals surface area contributed by atoms with Gasteiger partial charge in [-0.1, -0.05) is 31.5 Å². The van der Waals surface area contributed by atoms with Crippen LogP contribution in [0.5, 0.6) is 5.75 Å². The van der Waals surface area contributed by atoms with Crippen molar-refractivity contribution in [1.82, 2.24) is 14.7 Å². The summed E-state index contributed by atoms with van der Waals surface area (Å²) in [5, 5.41) is 22.8. The Kier molecular flexibility index (Phi) is 8.97. The lowest BCUT2D eigenvalue weighted by atomic mass is 10.0. The van der Waals surface area contributed by atoms with Crippen molar-refractivity contribution >= 4 is 35.1 Å². The van der Waals surface area contributed by atoms with E-state index in [1.807, 2.05) is 13.8 Å². The van der Waals surface area contributed by atoms with Crippen LogP contribution in [0.1, 0.15) is 48.3 Å². The first-order valence-electron chi connectivity index (χ1n) is 12.0. The van der Waals surface area contributed by atoms with E-state index in [2.05, 4.69) is 21.2 Å². The summed E-state index contributed by atoms with van der Waals surface area (Å²) in [6.45, 7) is 0.234. The second-order valence-corrected chi connectivity index (χ2v) is 10.0. The van der Waals surface area contributed by atoms with Gasteiger partial charge in [0.05, 0.1) is 16.7 Å². The van der Waals surface area contributed by atoms with Gasteiger partial charge in [-0.2, -0.15) is 41.1 Å². The zero-order valence-corrected chi connectivity index (χ0v) is 22.5. The SMILES string of the molecule is CC(C)CN(C(=O)c1cc(/C(C=N)=C/Nc2c(OC(F)F)c(C(F)(F)C(F)(F)F)nn2C)ccc1Cl)C1(C#N)CC1. The van der Waals surface area contributed by atoms with Crippen molar-refractivity contribution in [1.29, 1.82) is 10.7 Å². The molecule has 16 heteroatoms. The van der Waals surface area contributed by atoms with Crippen molar-refractivity contribution in [2.75, 3.05) is 11.9 Å². The number of nitrogens with zero attached hydrogens (tertiary/aromatic N) is 4. The Morgan fingerprint density at radius 3 is 2.44 bits per heavy atom. The molecule has 1 aliphatic carbocycles. The molecule has 1 heterocycles. The molecule has 8 nitrogen and oxygen atoms in total. The Bertz CT molecular complexity index is 1390. The maximum absolute atomic E-state index is 14.0. The number of hydrogen-bond donors (Lipinski definition) is 2. The third-order valence-corrected chi connectivity index (χ3v) is 6.48. The van der Waals surface area contributed by atoms with E-state index in [-0.39, 0.29) is 34.2 Å². The van der Waals surface area contributed by atoms with Crippen LogP contribution < -0.4 is 10.1 Å². The first-order chi connectivity index (χ1) is 19.0. The van der Waals surface area contributed by atoms with Crippen molar-refractivity contribution in [3.05, 3.63) is 46.2 Å². The summed E-state index contributed by atoms with van der Waals surface area (Å²) in [6, 6.07) is 6.22. The fourth-order valence-electron chi connectivity index (χ4n) is 3.95. The zero-order chi connectivity index (χ0) is 30.9. The highest BCUT2D eigenvalue weighted by Gasteiger charge is 2.62. The molecule has 2 N–H and O–H groups in total. The summed E-state index contributed by atoms with van der Waals surface area (Å²) in [5.74, 6) is -8.49. The quantitative estimate of drug-likeness (QED) is 0.221. The number of aromatic nitrogens is 2. The summed E-state index contributed by atoms with van der Waals surface area (Å²) < 4.78 is 97.4. The minimum Gasteiger partial charge on any atom is -0.429 e. The number of amides is 1. The molecule has 3 rings (SSSR count). The van der Waals surface area contributed by atoms with Crippen LogP contribution >= 0.6 is 11.6 Å². The highest BCUT2D eigenvalue weighted by atomic mass is 35.5. The normalized spacial score (nSPS) is 15.1. The molecule has 41 heavy (non-hydrogen) atoms. The second kappa shape index (κ2) is 11.6. The molecule has 222 valence electrons. The maximum atomic E-state index is 14.0. The van der Waals surface area contributed by atoms with E-state index in [1.54, 1.807) is 0 Å². The van der Waals surface area contributed by atoms with Gasteiger partial charge in [-0.15, -0.1) is 0 Å². The number of nitrogens with one attached hydrogen (secondary N) is 2. The van der Waals surface area contributed by atoms with Crippen LogP contribution in [0.3, 0.4) is 0 Å². The molecule has 1 saturated carbocycles. The van der Waals surface area contributed by atoms with Crippen LogP contribution in [0.25, 0.3) is 5.57 Å². The standard InChI is InChI=1S/C25H24ClF7N6O2/c1-13(2)11-39(23(12-35)6-7-23)21(40)16-8-14(4-5-17(16)26)15(9-34)10-36-20-18(41-22(27)28)19(37-38(20)3)24(29,30)25(31,32)33/h4-5,8-10,13,22,34,36H,6-7,11H2,1-3H3/b15-10+,34-9?. The smallest absolute Gasteiger partial charge is 0.429 e. The molecule has 1 aromatic heterocycles. The Morgan fingerprint density at radius 2 is 1.95 bits per heavy atom. The Labute approximate surface area is 234 Å². The van der Waals surface area contributed by atoms with Gasteiger partial charge < -0.3 is 20.4 Å². The van der Waals surface area contributed by atoms with Gasteiger partial charge in [-0.25, -0.2) is 4.68 Å². The number of carbonyl (C=O) groups is 1. The molecule has 1 aliphatic rings. The van der Waals surface area contributed by atoms with E-state index >= 15 is 0 Å². The highest BCUT2D eigenvalue weighted by Crippen LogP contribution is 2.49. The van der Waals surface area contributed by atoms with Crippen molar-refractivity contribution in [3.8, 4) is 11.8 Å². The largest absolute Gasteiger partial charge is 0.459 e. The summed E-state index contributed by atoms with van der Waals surface area (Å²) in [6.07, 6.45) is -3.49. The average Bonchev–Trinajstić information content (AvgIpc) is 3.61. The van der Waals surface area contributed by atoms with Crippen molar-refractivity contribution < 1.29 is 40.3 Å². The molecule has 0 aliphatic heterocycles. The fourth-order valence-corrected chi connectivity index (χ4v) is 4.15. The van der Waals surface area contributed by atoms with Gasteiger partial charge in [0.1, 0.15) is 5.54 Å². The van der Waals surface area contributed by atoms with E-state index in [0.29, 0.717) is 17.5 Å². The Morgan fingerprint density at radius 1 is 1.32 bits per heavy atom. The van der Waals surface area contributed by atoms with E-state index in [9.17, 15) is 40.8 Å². The summed E-state index contributed by atoms with van der Waals surface area (Å²) >= 11 is 6.29. The van der Waals surface area contributed by atoms with Crippen LogP contribution in [0, 0.1) is 22.7 Å². The highest BCUT2D eigenvalue weighted by molar-refractivity contribution is 6.34. The predicted octanol–water partition coefficient (Wildman–Crippen LogP) is 6.59. The minimum absolute atomic E-state index is 0.00606. The number of anilines is 1. The second-order valence-electron chi connectivity index (χ2n) is 9.64. The third-order valence-electron chi connectivity index (χ3n) is 6.16. The number of hydrogen-bond acceptors (Lipinski definition) is 6. The minimum atomic E-state index is -6.16. The van der Waals surface area contributed by atoms with E-state index < -0.39 is 47.4 Å². The zero-order valence-electron chi connectivity index (χ0n) is 21.8. The van der Waals surface area contributed by atoms with Gasteiger partial charge >= 0.3 is 18.7 Å². The number of carbonyl (C=O) groups excluding carboxylic acids is 1. The lowest BCUT2D eigenvalue weighted by Gasteiger charge is -2.29. The van der Waals surface area contributed by atoms with E-state index in [1.165, 1.54) is 23.1 Å². The Balaban J connectivity index is 2.03. The number of rotatable bonds is 11. The summed E-state index contributed by atoms with van der Waals surface area (Å²) in [4.78, 5) is 14.9. The average molecular weight is 609 g/mol. The molecule has 0 unspecified atom stereocenters. The van der Waals surface area contributed by atoms with Gasteiger partial charge in [-0.3, -0.25) is 4.79 Å². The molecule has 0 atom stereocenters. The molecule has 1 fully saturated rings. The van der Waals surface area contributed by atoms with Crippen LogP contribution in [0.15, 0.2) is 24.4 Å². The summed E-state index contributed by atoms with van der Waals surface area (Å²) in [5.41, 5.74) is -2.95. The third kappa shape index (κ3) is 6.42. The van der Waals surface area contributed by atoms with Crippen molar-refractivity contribution in [2.45, 2.75) is 50.9 Å². The van der Waals surface area contributed by atoms with Crippen molar-refractivity contribution in [3.63, 3.8) is 0 Å². The molecule has 1 aromatic carbocycles. The topological polar surface area (TPSA) is 107 Å². The lowest BCUT2D eigenvalue weighted by molar-refractivity contribution is -0.291. The molecule has 0 spiro atoms. The predicted molar refractivity (Wildman–Crippen MR) is 135 cm³/mol. The number of ether oxygens (including phenoxy) is 1. The fraction of sp³-hybridized carbons (Fsp3) is 0.440. The number of benzene rings is 1. The van der Waals surface area contributed by atoms with Crippen molar-refractivity contribution in [2.24, 2.45) is 13.0 Å². The first-order valence-corrected chi connectivity index (χ1v) is 12.3. The maximum Gasteiger partial charge on any atom is 0.459 e.